The van der Waals surface area contributed by atoms with Crippen LogP contribution in [0.2, 0.25) is 0 Å². The predicted molar refractivity (Wildman–Crippen MR) is 82.4 cm³/mol. The van der Waals surface area contributed by atoms with E-state index < -0.39 is 6.04 Å². The van der Waals surface area contributed by atoms with Crippen molar-refractivity contribution in [1.82, 2.24) is 9.88 Å². The number of carbonyl (C=O) groups excluding carboxylic acids is 1. The van der Waals surface area contributed by atoms with Crippen molar-refractivity contribution in [2.24, 2.45) is 5.73 Å². The molecular formula is C16H20N4O. The molecule has 1 heterocycles. The van der Waals surface area contributed by atoms with Crippen LogP contribution in [0.25, 0.3) is 10.9 Å². The first kappa shape index (κ1) is 15.1. The zero-order valence-electron chi connectivity index (χ0n) is 12.3. The number of nitrogens with zero attached hydrogens (tertiary/aromatic N) is 2. The quantitative estimate of drug-likeness (QED) is 0.877. The average Bonchev–Trinajstić information content (AvgIpc) is 2.89. The molecule has 1 unspecified atom stereocenters. The van der Waals surface area contributed by atoms with Crippen LogP contribution >= 0.6 is 0 Å². The molecule has 0 saturated carbocycles. The molecule has 0 aliphatic rings. The largest absolute Gasteiger partial charge is 0.361 e. The number of nitrogens with one attached hydrogen (secondary N) is 1. The van der Waals surface area contributed by atoms with Gasteiger partial charge in [-0.05, 0) is 25.0 Å². The van der Waals surface area contributed by atoms with Crippen LogP contribution in [0.3, 0.4) is 0 Å². The summed E-state index contributed by atoms with van der Waals surface area (Å²) in [5.41, 5.74) is 8.12. The Morgan fingerprint density at radius 3 is 2.90 bits per heavy atom. The molecule has 1 aromatic heterocycles. The van der Waals surface area contributed by atoms with Gasteiger partial charge in [0.25, 0.3) is 0 Å². The first-order chi connectivity index (χ1) is 10.0. The summed E-state index contributed by atoms with van der Waals surface area (Å²) in [6.07, 6.45) is 2.69. The second kappa shape index (κ2) is 6.42. The molecule has 0 aliphatic carbocycles. The van der Waals surface area contributed by atoms with E-state index in [0.29, 0.717) is 12.8 Å². The number of benzene rings is 1. The molecule has 2 aromatic rings. The standard InChI is InChI=1S/C16H20N4O/c1-11(7-8-17)20(2)16(21)14(18)9-12-10-19-15-6-4-3-5-13(12)15/h3-6,10-11,14,19H,7,9,18H2,1-2H3/t11?,14-/m1/s1. The van der Waals surface area contributed by atoms with Crippen LogP contribution in [0.15, 0.2) is 30.5 Å². The first-order valence-electron chi connectivity index (χ1n) is 6.98. The molecule has 5 heteroatoms. The van der Waals surface area contributed by atoms with Gasteiger partial charge in [0.2, 0.25) is 5.91 Å². The van der Waals surface area contributed by atoms with Crippen molar-refractivity contribution >= 4 is 16.8 Å². The zero-order valence-corrected chi connectivity index (χ0v) is 12.3. The SMILES string of the molecule is CC(CC#N)N(C)C(=O)[C@H](N)Cc1c[nH]c2ccccc12. The highest BCUT2D eigenvalue weighted by Gasteiger charge is 2.22. The highest BCUT2D eigenvalue weighted by Crippen LogP contribution is 2.19. The Hall–Kier alpha value is -2.32. The van der Waals surface area contributed by atoms with Crippen molar-refractivity contribution in [3.05, 3.63) is 36.0 Å². The highest BCUT2D eigenvalue weighted by molar-refractivity contribution is 5.86. The lowest BCUT2D eigenvalue weighted by Crippen LogP contribution is -2.46. The molecule has 0 spiro atoms. The first-order valence-corrected chi connectivity index (χ1v) is 6.98. The van der Waals surface area contributed by atoms with E-state index in [2.05, 4.69) is 11.1 Å². The Kier molecular flexibility index (Phi) is 4.61. The number of para-hydroxylation sites is 1. The van der Waals surface area contributed by atoms with Gasteiger partial charge in [0.05, 0.1) is 18.5 Å². The summed E-state index contributed by atoms with van der Waals surface area (Å²) >= 11 is 0. The molecule has 21 heavy (non-hydrogen) atoms. The number of amides is 1. The van der Waals surface area contributed by atoms with Gasteiger partial charge in [-0.1, -0.05) is 18.2 Å². The summed E-state index contributed by atoms with van der Waals surface area (Å²) < 4.78 is 0. The average molecular weight is 284 g/mol. The third-order valence-corrected chi connectivity index (χ3v) is 3.83. The van der Waals surface area contributed by atoms with Crippen LogP contribution < -0.4 is 5.73 Å². The fourth-order valence-corrected chi connectivity index (χ4v) is 2.37. The Morgan fingerprint density at radius 2 is 2.19 bits per heavy atom. The molecular weight excluding hydrogens is 264 g/mol. The molecule has 0 saturated heterocycles. The van der Waals surface area contributed by atoms with Gasteiger partial charge < -0.3 is 15.6 Å². The Labute approximate surface area is 124 Å². The zero-order chi connectivity index (χ0) is 15.4. The summed E-state index contributed by atoms with van der Waals surface area (Å²) in [6.45, 7) is 1.85. The van der Waals surface area contributed by atoms with Crippen molar-refractivity contribution in [3.8, 4) is 6.07 Å². The van der Waals surface area contributed by atoms with Gasteiger partial charge in [0.15, 0.2) is 0 Å². The van der Waals surface area contributed by atoms with Crippen molar-refractivity contribution in [1.29, 1.82) is 5.26 Å². The second-order valence-corrected chi connectivity index (χ2v) is 5.33. The monoisotopic (exact) mass is 284 g/mol. The summed E-state index contributed by atoms with van der Waals surface area (Å²) in [6, 6.07) is 9.28. The fourth-order valence-electron chi connectivity index (χ4n) is 2.37. The lowest BCUT2D eigenvalue weighted by Gasteiger charge is -2.26. The molecule has 2 rings (SSSR count). The summed E-state index contributed by atoms with van der Waals surface area (Å²) in [5.74, 6) is -0.136. The van der Waals surface area contributed by atoms with Gasteiger partial charge in [0.1, 0.15) is 0 Å². The van der Waals surface area contributed by atoms with Gasteiger partial charge in [-0.15, -0.1) is 0 Å². The lowest BCUT2D eigenvalue weighted by molar-refractivity contribution is -0.132. The van der Waals surface area contributed by atoms with Crippen LogP contribution in [-0.2, 0) is 11.2 Å². The maximum Gasteiger partial charge on any atom is 0.239 e. The molecule has 1 amide bonds. The number of H-pyrrole nitrogens is 1. The maximum atomic E-state index is 12.3. The van der Waals surface area contributed by atoms with Gasteiger partial charge in [0, 0.05) is 30.2 Å². The van der Waals surface area contributed by atoms with Crippen LogP contribution in [0.1, 0.15) is 18.9 Å². The number of nitrogens with two attached hydrogens (primary N) is 1. The summed E-state index contributed by atoms with van der Waals surface area (Å²) in [7, 11) is 1.69. The van der Waals surface area contributed by atoms with E-state index in [1.807, 2.05) is 37.4 Å². The van der Waals surface area contributed by atoms with Crippen molar-refractivity contribution in [3.63, 3.8) is 0 Å². The van der Waals surface area contributed by atoms with E-state index in [4.69, 9.17) is 11.0 Å². The van der Waals surface area contributed by atoms with E-state index in [0.717, 1.165) is 16.5 Å². The normalized spacial score (nSPS) is 13.6. The van der Waals surface area contributed by atoms with Crippen LogP contribution in [0.4, 0.5) is 0 Å². The lowest BCUT2D eigenvalue weighted by atomic mass is 10.0. The summed E-state index contributed by atoms with van der Waals surface area (Å²) in [5, 5.41) is 9.80. The summed E-state index contributed by atoms with van der Waals surface area (Å²) in [4.78, 5) is 17.0. The van der Waals surface area contributed by atoms with Gasteiger partial charge >= 0.3 is 0 Å². The van der Waals surface area contributed by atoms with E-state index in [1.54, 1.807) is 11.9 Å². The number of aromatic nitrogens is 1. The molecule has 0 bridgehead atoms. The topological polar surface area (TPSA) is 85.9 Å². The van der Waals surface area contributed by atoms with E-state index >= 15 is 0 Å². The minimum absolute atomic E-state index is 0.128. The number of hydrogen-bond acceptors (Lipinski definition) is 3. The molecule has 2 atom stereocenters. The number of fused-ring (bicyclic) bond motifs is 1. The highest BCUT2D eigenvalue weighted by atomic mass is 16.2. The number of likely N-dealkylation sites (N-methyl/N-ethyl adjacent to an activating group) is 1. The molecule has 110 valence electrons. The second-order valence-electron chi connectivity index (χ2n) is 5.33. The van der Waals surface area contributed by atoms with Crippen molar-refractivity contribution in [2.75, 3.05) is 7.05 Å². The van der Waals surface area contributed by atoms with Gasteiger partial charge in [-0.3, -0.25) is 4.79 Å². The Bertz CT molecular complexity index is 670. The number of rotatable bonds is 5. The van der Waals surface area contributed by atoms with Crippen molar-refractivity contribution in [2.45, 2.75) is 31.8 Å². The van der Waals surface area contributed by atoms with Gasteiger partial charge in [-0.2, -0.15) is 5.26 Å². The minimum Gasteiger partial charge on any atom is -0.361 e. The van der Waals surface area contributed by atoms with Crippen LogP contribution in [0.5, 0.6) is 0 Å². The van der Waals surface area contributed by atoms with Crippen LogP contribution in [0, 0.1) is 11.3 Å². The Balaban J connectivity index is 2.09. The number of aromatic amines is 1. The molecule has 0 aliphatic heterocycles. The molecule has 0 fully saturated rings. The fraction of sp³-hybridized carbons (Fsp3) is 0.375. The number of nitriles is 1. The van der Waals surface area contributed by atoms with Crippen molar-refractivity contribution < 1.29 is 4.79 Å². The van der Waals surface area contributed by atoms with E-state index in [-0.39, 0.29) is 11.9 Å². The third-order valence-electron chi connectivity index (χ3n) is 3.83. The molecule has 3 N–H and O–H groups in total. The van der Waals surface area contributed by atoms with Crippen LogP contribution in [-0.4, -0.2) is 34.9 Å². The van der Waals surface area contributed by atoms with Gasteiger partial charge in [-0.25, -0.2) is 0 Å². The van der Waals surface area contributed by atoms with E-state index in [9.17, 15) is 4.79 Å². The minimum atomic E-state index is -0.602. The third kappa shape index (κ3) is 3.23. The number of carbonyl (C=O) groups is 1. The van der Waals surface area contributed by atoms with E-state index in [1.165, 1.54) is 0 Å². The molecule has 0 radical (unpaired) electrons. The predicted octanol–water partition coefficient (Wildman–Crippen LogP) is 1.80. The maximum absolute atomic E-state index is 12.3. The molecule has 1 aromatic carbocycles. The molecule has 5 nitrogen and oxygen atoms in total. The Morgan fingerprint density at radius 1 is 1.48 bits per heavy atom. The number of hydrogen-bond donors (Lipinski definition) is 2. The smallest absolute Gasteiger partial charge is 0.239 e.